The number of rotatable bonds is 5. The van der Waals surface area contributed by atoms with Crippen LogP contribution in [0.3, 0.4) is 0 Å². The summed E-state index contributed by atoms with van der Waals surface area (Å²) in [5.41, 5.74) is 7.06. The molecule has 0 bridgehead atoms. The molecule has 0 saturated carbocycles. The molecule has 1 atom stereocenters. The number of nitrogens with two attached hydrogens (primary N) is 1. The molecular formula is C13H15ClN4O2. The van der Waals surface area contributed by atoms with E-state index in [0.717, 1.165) is 5.69 Å². The van der Waals surface area contributed by atoms with Crippen LogP contribution in [0.1, 0.15) is 18.2 Å². The van der Waals surface area contributed by atoms with E-state index in [9.17, 15) is 10.1 Å². The predicted octanol–water partition coefficient (Wildman–Crippen LogP) is 2.38. The summed E-state index contributed by atoms with van der Waals surface area (Å²) in [5.74, 6) is 0. The Hall–Kier alpha value is -1.92. The maximum absolute atomic E-state index is 11.0. The van der Waals surface area contributed by atoms with E-state index in [-0.39, 0.29) is 11.7 Å². The molecule has 0 aliphatic heterocycles. The van der Waals surface area contributed by atoms with E-state index in [1.807, 2.05) is 13.1 Å². The molecule has 1 heterocycles. The summed E-state index contributed by atoms with van der Waals surface area (Å²) in [6, 6.07) is 4.68. The summed E-state index contributed by atoms with van der Waals surface area (Å²) in [5, 5.41) is 11.4. The zero-order valence-electron chi connectivity index (χ0n) is 11.0. The molecule has 20 heavy (non-hydrogen) atoms. The quantitative estimate of drug-likeness (QED) is 0.677. The molecule has 0 saturated heterocycles. The Morgan fingerprint density at radius 3 is 2.95 bits per heavy atom. The first-order valence-corrected chi connectivity index (χ1v) is 6.53. The summed E-state index contributed by atoms with van der Waals surface area (Å²) in [6.45, 7) is 2.21. The van der Waals surface area contributed by atoms with Crippen molar-refractivity contribution in [2.45, 2.75) is 25.9 Å². The molecule has 2 aromatic rings. The summed E-state index contributed by atoms with van der Waals surface area (Å²) in [7, 11) is 0. The minimum Gasteiger partial charge on any atom is -0.332 e. The molecule has 0 spiro atoms. The highest BCUT2D eigenvalue weighted by Crippen LogP contribution is 2.27. The zero-order chi connectivity index (χ0) is 14.7. The van der Waals surface area contributed by atoms with Crippen LogP contribution < -0.4 is 5.73 Å². The van der Waals surface area contributed by atoms with E-state index in [1.54, 1.807) is 23.0 Å². The SMILES string of the molecule is CC(N)Cc1cn(Cc2c(Cl)cccc2[N+](=O)[O-])cn1. The first-order chi connectivity index (χ1) is 9.47. The van der Waals surface area contributed by atoms with Gasteiger partial charge < -0.3 is 10.3 Å². The van der Waals surface area contributed by atoms with Crippen LogP contribution in [0.5, 0.6) is 0 Å². The Bertz CT molecular complexity index is 625. The van der Waals surface area contributed by atoms with Gasteiger partial charge in [-0.25, -0.2) is 4.98 Å². The molecule has 106 valence electrons. The number of imidazole rings is 1. The van der Waals surface area contributed by atoms with Crippen LogP contribution in [-0.4, -0.2) is 20.5 Å². The summed E-state index contributed by atoms with van der Waals surface area (Å²) >= 11 is 6.06. The van der Waals surface area contributed by atoms with Gasteiger partial charge in [-0.3, -0.25) is 10.1 Å². The largest absolute Gasteiger partial charge is 0.332 e. The van der Waals surface area contributed by atoms with Crippen molar-refractivity contribution in [3.63, 3.8) is 0 Å². The zero-order valence-corrected chi connectivity index (χ0v) is 11.7. The fourth-order valence-electron chi connectivity index (χ4n) is 1.99. The average molecular weight is 295 g/mol. The van der Waals surface area contributed by atoms with Gasteiger partial charge in [0.2, 0.25) is 0 Å². The van der Waals surface area contributed by atoms with Crippen molar-refractivity contribution in [1.29, 1.82) is 0 Å². The van der Waals surface area contributed by atoms with Crippen molar-refractivity contribution in [2.24, 2.45) is 5.73 Å². The van der Waals surface area contributed by atoms with Gasteiger partial charge in [-0.15, -0.1) is 0 Å². The maximum Gasteiger partial charge on any atom is 0.275 e. The van der Waals surface area contributed by atoms with Crippen LogP contribution in [-0.2, 0) is 13.0 Å². The first-order valence-electron chi connectivity index (χ1n) is 6.15. The monoisotopic (exact) mass is 294 g/mol. The van der Waals surface area contributed by atoms with Gasteiger partial charge in [0.25, 0.3) is 5.69 Å². The normalized spacial score (nSPS) is 12.3. The summed E-state index contributed by atoms with van der Waals surface area (Å²) in [6.07, 6.45) is 4.12. The number of nitrogens with zero attached hydrogens (tertiary/aromatic N) is 3. The number of benzene rings is 1. The van der Waals surface area contributed by atoms with Gasteiger partial charge >= 0.3 is 0 Å². The number of aromatic nitrogens is 2. The highest BCUT2D eigenvalue weighted by molar-refractivity contribution is 6.31. The van der Waals surface area contributed by atoms with Crippen LogP contribution in [0.2, 0.25) is 5.02 Å². The molecule has 1 aromatic heterocycles. The van der Waals surface area contributed by atoms with Crippen LogP contribution >= 0.6 is 11.6 Å². The third-order valence-electron chi connectivity index (χ3n) is 2.85. The first kappa shape index (κ1) is 14.5. The molecular weight excluding hydrogens is 280 g/mol. The van der Waals surface area contributed by atoms with E-state index in [4.69, 9.17) is 17.3 Å². The molecule has 0 radical (unpaired) electrons. The number of hydrogen-bond acceptors (Lipinski definition) is 4. The molecule has 1 unspecified atom stereocenters. The van der Waals surface area contributed by atoms with Crippen molar-refractivity contribution in [3.8, 4) is 0 Å². The number of hydrogen-bond donors (Lipinski definition) is 1. The second-order valence-electron chi connectivity index (χ2n) is 4.71. The second-order valence-corrected chi connectivity index (χ2v) is 5.12. The second kappa shape index (κ2) is 6.02. The van der Waals surface area contributed by atoms with Crippen molar-refractivity contribution in [3.05, 3.63) is 57.1 Å². The lowest BCUT2D eigenvalue weighted by Crippen LogP contribution is -2.17. The maximum atomic E-state index is 11.0. The highest BCUT2D eigenvalue weighted by atomic mass is 35.5. The molecule has 0 fully saturated rings. The molecule has 0 amide bonds. The molecule has 6 nitrogen and oxygen atoms in total. The van der Waals surface area contributed by atoms with Gasteiger partial charge in [-0.2, -0.15) is 0 Å². The molecule has 2 rings (SSSR count). The third-order valence-corrected chi connectivity index (χ3v) is 3.20. The lowest BCUT2D eigenvalue weighted by Gasteiger charge is -2.06. The summed E-state index contributed by atoms with van der Waals surface area (Å²) in [4.78, 5) is 14.8. The molecule has 0 aliphatic carbocycles. The van der Waals surface area contributed by atoms with Gasteiger partial charge in [-0.1, -0.05) is 17.7 Å². The third kappa shape index (κ3) is 3.34. The molecule has 1 aromatic carbocycles. The highest BCUT2D eigenvalue weighted by Gasteiger charge is 2.17. The Kier molecular flexibility index (Phi) is 4.36. The van der Waals surface area contributed by atoms with Crippen molar-refractivity contribution in [2.75, 3.05) is 0 Å². The van der Waals surface area contributed by atoms with Gasteiger partial charge in [0.1, 0.15) is 0 Å². The van der Waals surface area contributed by atoms with E-state index in [0.29, 0.717) is 23.6 Å². The minimum absolute atomic E-state index is 0.0138. The lowest BCUT2D eigenvalue weighted by molar-refractivity contribution is -0.385. The van der Waals surface area contributed by atoms with E-state index in [1.165, 1.54) is 6.07 Å². The Labute approximate surface area is 121 Å². The van der Waals surface area contributed by atoms with Crippen molar-refractivity contribution in [1.82, 2.24) is 9.55 Å². The number of nitro groups is 1. The van der Waals surface area contributed by atoms with Crippen LogP contribution in [0.15, 0.2) is 30.7 Å². The average Bonchev–Trinajstić information content (AvgIpc) is 2.78. The van der Waals surface area contributed by atoms with Gasteiger partial charge in [0, 0.05) is 24.7 Å². The van der Waals surface area contributed by atoms with E-state index in [2.05, 4.69) is 4.98 Å². The lowest BCUT2D eigenvalue weighted by atomic mass is 10.1. The number of nitro benzene ring substituents is 1. The van der Waals surface area contributed by atoms with E-state index >= 15 is 0 Å². The smallest absolute Gasteiger partial charge is 0.275 e. The van der Waals surface area contributed by atoms with E-state index < -0.39 is 4.92 Å². The van der Waals surface area contributed by atoms with Gasteiger partial charge in [-0.05, 0) is 13.0 Å². The van der Waals surface area contributed by atoms with Crippen LogP contribution in [0, 0.1) is 10.1 Å². The van der Waals surface area contributed by atoms with Crippen LogP contribution in [0.25, 0.3) is 0 Å². The topological polar surface area (TPSA) is 87.0 Å². The summed E-state index contributed by atoms with van der Waals surface area (Å²) < 4.78 is 1.77. The van der Waals surface area contributed by atoms with Gasteiger partial charge in [0.15, 0.2) is 0 Å². The molecule has 0 aliphatic rings. The molecule has 2 N–H and O–H groups in total. The predicted molar refractivity (Wildman–Crippen MR) is 76.8 cm³/mol. The van der Waals surface area contributed by atoms with Crippen molar-refractivity contribution >= 4 is 17.3 Å². The number of halogens is 1. The standard InChI is InChI=1S/C13H15ClN4O2/c1-9(15)5-10-6-17(8-16-10)7-11-12(14)3-2-4-13(11)18(19)20/h2-4,6,8-9H,5,7,15H2,1H3. The van der Waals surface area contributed by atoms with Crippen molar-refractivity contribution < 1.29 is 4.92 Å². The Morgan fingerprint density at radius 1 is 1.55 bits per heavy atom. The fourth-order valence-corrected chi connectivity index (χ4v) is 2.21. The minimum atomic E-state index is -0.430. The Balaban J connectivity index is 2.26. The van der Waals surface area contributed by atoms with Crippen LogP contribution in [0.4, 0.5) is 5.69 Å². The Morgan fingerprint density at radius 2 is 2.30 bits per heavy atom. The fraction of sp³-hybridized carbons (Fsp3) is 0.308. The van der Waals surface area contributed by atoms with Gasteiger partial charge in [0.05, 0.1) is 34.1 Å². The molecule has 7 heteroatoms.